The van der Waals surface area contributed by atoms with E-state index in [4.69, 9.17) is 22.1 Å². The van der Waals surface area contributed by atoms with Crippen LogP contribution in [0.2, 0.25) is 5.02 Å². The number of halogens is 1. The smallest absolute Gasteiger partial charge is 0.245 e. The number of carbonyl (C=O) groups excluding carboxylic acids is 1. The summed E-state index contributed by atoms with van der Waals surface area (Å²) in [6.07, 6.45) is 0.989. The van der Waals surface area contributed by atoms with Crippen LogP contribution < -0.4 is 16.0 Å². The molecule has 0 saturated heterocycles. The van der Waals surface area contributed by atoms with E-state index >= 15 is 0 Å². The van der Waals surface area contributed by atoms with Crippen molar-refractivity contribution in [2.75, 3.05) is 30.5 Å². The van der Waals surface area contributed by atoms with E-state index in [2.05, 4.69) is 24.1 Å². The van der Waals surface area contributed by atoms with Gasteiger partial charge < -0.3 is 20.7 Å². The molecule has 1 amide bonds. The molecular formula is C15H22ClN3O2. The van der Waals surface area contributed by atoms with Crippen LogP contribution in [-0.4, -0.2) is 32.2 Å². The minimum Gasteiger partial charge on any atom is -0.383 e. The number of anilines is 2. The van der Waals surface area contributed by atoms with E-state index in [0.717, 1.165) is 29.9 Å². The van der Waals surface area contributed by atoms with Gasteiger partial charge in [0.25, 0.3) is 0 Å². The summed E-state index contributed by atoms with van der Waals surface area (Å²) in [5, 5.41) is 3.41. The number of hydrogen-bond donors (Lipinski definition) is 2. The van der Waals surface area contributed by atoms with Crippen LogP contribution in [0, 0.1) is 0 Å². The van der Waals surface area contributed by atoms with Gasteiger partial charge in [0.15, 0.2) is 0 Å². The Hall–Kier alpha value is -1.30. The lowest BCUT2D eigenvalue weighted by atomic mass is 10.1. The second-order valence-electron chi connectivity index (χ2n) is 5.30. The molecule has 1 aromatic rings. The lowest BCUT2D eigenvalue weighted by Crippen LogP contribution is -2.35. The van der Waals surface area contributed by atoms with Crippen molar-refractivity contribution < 1.29 is 9.53 Å². The van der Waals surface area contributed by atoms with Gasteiger partial charge in [0.1, 0.15) is 6.04 Å². The quantitative estimate of drug-likeness (QED) is 0.847. The largest absolute Gasteiger partial charge is 0.383 e. The highest BCUT2D eigenvalue weighted by molar-refractivity contribution is 6.33. The van der Waals surface area contributed by atoms with Crippen molar-refractivity contribution in [2.24, 2.45) is 5.73 Å². The Morgan fingerprint density at radius 1 is 1.52 bits per heavy atom. The van der Waals surface area contributed by atoms with Crippen molar-refractivity contribution in [1.82, 2.24) is 0 Å². The molecule has 3 N–H and O–H groups in total. The summed E-state index contributed by atoms with van der Waals surface area (Å²) < 4.78 is 5.18. The van der Waals surface area contributed by atoms with Crippen LogP contribution in [0.4, 0.5) is 11.4 Å². The highest BCUT2D eigenvalue weighted by atomic mass is 35.5. The topological polar surface area (TPSA) is 67.6 Å². The van der Waals surface area contributed by atoms with Gasteiger partial charge in [-0.25, -0.2) is 0 Å². The van der Waals surface area contributed by atoms with Crippen LogP contribution in [0.3, 0.4) is 0 Å². The van der Waals surface area contributed by atoms with Gasteiger partial charge in [0.05, 0.1) is 17.3 Å². The highest BCUT2D eigenvalue weighted by Crippen LogP contribution is 2.38. The van der Waals surface area contributed by atoms with Crippen LogP contribution in [0.15, 0.2) is 12.1 Å². The number of fused-ring (bicyclic) bond motifs is 1. The third kappa shape index (κ3) is 3.15. The third-order valence-electron chi connectivity index (χ3n) is 3.96. The molecule has 2 rings (SSSR count). The third-order valence-corrected chi connectivity index (χ3v) is 4.27. The SMILES string of the molecule is CCC(C)N(CCOC)c1cc2c(cc1Cl)C(N)C(=O)N2. The zero-order valence-electron chi connectivity index (χ0n) is 12.6. The first-order valence-corrected chi connectivity index (χ1v) is 7.52. The van der Waals surface area contributed by atoms with Crippen LogP contribution in [0.25, 0.3) is 0 Å². The molecule has 0 aromatic heterocycles. The van der Waals surface area contributed by atoms with Crippen molar-refractivity contribution >= 4 is 28.9 Å². The predicted octanol–water partition coefficient (Wildman–Crippen LogP) is 2.54. The number of carbonyl (C=O) groups is 1. The number of amides is 1. The zero-order chi connectivity index (χ0) is 15.6. The van der Waals surface area contributed by atoms with Crippen LogP contribution in [0.1, 0.15) is 31.9 Å². The fraction of sp³-hybridized carbons (Fsp3) is 0.533. The second kappa shape index (κ2) is 6.64. The first-order valence-electron chi connectivity index (χ1n) is 7.15. The van der Waals surface area contributed by atoms with E-state index in [0.29, 0.717) is 17.7 Å². The molecule has 0 spiro atoms. The van der Waals surface area contributed by atoms with Crippen molar-refractivity contribution in [3.63, 3.8) is 0 Å². The first kappa shape index (κ1) is 16.1. The van der Waals surface area contributed by atoms with Crippen molar-refractivity contribution in [2.45, 2.75) is 32.4 Å². The Balaban J connectivity index is 2.38. The Bertz CT molecular complexity index is 536. The average molecular weight is 312 g/mol. The second-order valence-corrected chi connectivity index (χ2v) is 5.71. The fourth-order valence-electron chi connectivity index (χ4n) is 2.50. The van der Waals surface area contributed by atoms with E-state index in [9.17, 15) is 4.79 Å². The Morgan fingerprint density at radius 2 is 2.24 bits per heavy atom. The molecule has 2 unspecified atom stereocenters. The summed E-state index contributed by atoms with van der Waals surface area (Å²) in [7, 11) is 1.68. The van der Waals surface area contributed by atoms with E-state index < -0.39 is 6.04 Å². The minimum atomic E-state index is -0.637. The molecule has 6 heteroatoms. The Morgan fingerprint density at radius 3 is 2.86 bits per heavy atom. The van der Waals surface area contributed by atoms with Gasteiger partial charge in [0, 0.05) is 30.9 Å². The van der Waals surface area contributed by atoms with Gasteiger partial charge in [-0.3, -0.25) is 4.79 Å². The molecule has 0 radical (unpaired) electrons. The molecule has 1 aliphatic rings. The number of methoxy groups -OCH3 is 1. The summed E-state index contributed by atoms with van der Waals surface area (Å²) in [4.78, 5) is 13.9. The van der Waals surface area contributed by atoms with Gasteiger partial charge in [-0.2, -0.15) is 0 Å². The number of nitrogens with one attached hydrogen (secondary N) is 1. The lowest BCUT2D eigenvalue weighted by Gasteiger charge is -2.31. The fourth-order valence-corrected chi connectivity index (χ4v) is 2.78. The van der Waals surface area contributed by atoms with Crippen molar-refractivity contribution in [3.8, 4) is 0 Å². The lowest BCUT2D eigenvalue weighted by molar-refractivity contribution is -0.116. The molecule has 21 heavy (non-hydrogen) atoms. The summed E-state index contributed by atoms with van der Waals surface area (Å²) >= 11 is 6.42. The molecule has 0 fully saturated rings. The predicted molar refractivity (Wildman–Crippen MR) is 86.0 cm³/mol. The van der Waals surface area contributed by atoms with E-state index in [1.165, 1.54) is 0 Å². The summed E-state index contributed by atoms with van der Waals surface area (Å²) in [5.41, 5.74) is 8.25. The molecule has 1 aromatic carbocycles. The molecule has 5 nitrogen and oxygen atoms in total. The minimum absolute atomic E-state index is 0.190. The van der Waals surface area contributed by atoms with Gasteiger partial charge in [0.2, 0.25) is 5.91 Å². The number of benzene rings is 1. The summed E-state index contributed by atoms with van der Waals surface area (Å²) in [5.74, 6) is -0.190. The first-order chi connectivity index (χ1) is 9.99. The number of nitrogens with two attached hydrogens (primary N) is 1. The van der Waals surface area contributed by atoms with Crippen LogP contribution in [0.5, 0.6) is 0 Å². The maximum atomic E-state index is 11.7. The monoisotopic (exact) mass is 311 g/mol. The van der Waals surface area contributed by atoms with Gasteiger partial charge in [-0.05, 0) is 25.5 Å². The van der Waals surface area contributed by atoms with Crippen molar-refractivity contribution in [3.05, 3.63) is 22.7 Å². The normalized spacial score (nSPS) is 18.3. The maximum Gasteiger partial charge on any atom is 0.245 e. The summed E-state index contributed by atoms with van der Waals surface area (Å²) in [6, 6.07) is 3.38. The van der Waals surface area contributed by atoms with Crippen molar-refractivity contribution in [1.29, 1.82) is 0 Å². The molecular weight excluding hydrogens is 290 g/mol. The van der Waals surface area contributed by atoms with Gasteiger partial charge in [-0.15, -0.1) is 0 Å². The molecule has 2 atom stereocenters. The average Bonchev–Trinajstić information content (AvgIpc) is 2.74. The summed E-state index contributed by atoms with van der Waals surface area (Å²) in [6.45, 7) is 5.63. The molecule has 1 aliphatic heterocycles. The van der Waals surface area contributed by atoms with E-state index in [1.54, 1.807) is 13.2 Å². The standard InChI is InChI=1S/C15H22ClN3O2/c1-4-9(2)19(5-6-21-3)13-8-12-10(7-11(13)16)14(17)15(20)18-12/h7-9,14H,4-6,17H2,1-3H3,(H,18,20). The molecule has 1 heterocycles. The number of ether oxygens (including phenoxy) is 1. The number of rotatable bonds is 6. The maximum absolute atomic E-state index is 11.7. The van der Waals surface area contributed by atoms with Crippen LogP contribution >= 0.6 is 11.6 Å². The van der Waals surface area contributed by atoms with E-state index in [-0.39, 0.29) is 5.91 Å². The molecule has 0 saturated carbocycles. The van der Waals surface area contributed by atoms with Gasteiger partial charge >= 0.3 is 0 Å². The zero-order valence-corrected chi connectivity index (χ0v) is 13.4. The van der Waals surface area contributed by atoms with Gasteiger partial charge in [-0.1, -0.05) is 18.5 Å². The number of nitrogens with zero attached hydrogens (tertiary/aromatic N) is 1. The highest BCUT2D eigenvalue weighted by Gasteiger charge is 2.29. The molecule has 116 valence electrons. The van der Waals surface area contributed by atoms with E-state index in [1.807, 2.05) is 6.07 Å². The Labute approximate surface area is 130 Å². The Kier molecular flexibility index (Phi) is 5.08. The molecule has 0 aliphatic carbocycles. The molecule has 0 bridgehead atoms. The number of hydrogen-bond acceptors (Lipinski definition) is 4. The van der Waals surface area contributed by atoms with Crippen LogP contribution in [-0.2, 0) is 9.53 Å².